The number of rotatable bonds is 2. The third kappa shape index (κ3) is 2.08. The van der Waals surface area contributed by atoms with Crippen LogP contribution in [0.25, 0.3) is 10.9 Å². The molecule has 0 aliphatic heterocycles. The number of methoxy groups -OCH3 is 1. The van der Waals surface area contributed by atoms with Crippen molar-refractivity contribution in [3.63, 3.8) is 0 Å². The number of ether oxygens (including phenoxy) is 1. The Bertz CT molecular complexity index is 668. The molecule has 1 heterocycles. The molecule has 8 heteroatoms. The minimum atomic E-state index is -5.21. The average Bonchev–Trinajstić information content (AvgIpc) is 2.78. The number of nitrogens with one attached hydrogen (secondary N) is 1. The van der Waals surface area contributed by atoms with Gasteiger partial charge in [0.15, 0.2) is 0 Å². The summed E-state index contributed by atoms with van der Waals surface area (Å²) < 4.78 is 44.1. The topological polar surface area (TPSA) is 62.3 Å². The highest BCUT2D eigenvalue weighted by Crippen LogP contribution is 2.43. The Labute approximate surface area is 119 Å². The molecule has 4 nitrogen and oxygen atoms in total. The summed E-state index contributed by atoms with van der Waals surface area (Å²) in [6.45, 7) is 0. The molecule has 1 aromatic heterocycles. The van der Waals surface area contributed by atoms with Gasteiger partial charge in [0.2, 0.25) is 0 Å². The minimum Gasteiger partial charge on any atom is -0.466 e. The quantitative estimate of drug-likeness (QED) is 0.818. The number of alkyl halides is 3. The molecule has 0 saturated carbocycles. The van der Waals surface area contributed by atoms with Crippen LogP contribution in [0.5, 0.6) is 0 Å². The van der Waals surface area contributed by atoms with Crippen LogP contribution in [0.3, 0.4) is 0 Å². The first kappa shape index (κ1) is 14.9. The lowest BCUT2D eigenvalue weighted by atomic mass is 9.92. The molecule has 0 spiro atoms. The Morgan fingerprint density at radius 3 is 2.60 bits per heavy atom. The predicted octanol–water partition coefficient (Wildman–Crippen LogP) is 2.85. The van der Waals surface area contributed by atoms with Gasteiger partial charge in [0, 0.05) is 27.1 Å². The summed E-state index contributed by atoms with van der Waals surface area (Å²) in [5, 5.41) is 10.0. The molecule has 2 N–H and O–H groups in total. The van der Waals surface area contributed by atoms with E-state index in [9.17, 15) is 23.1 Å². The van der Waals surface area contributed by atoms with Crippen LogP contribution in [0.1, 0.15) is 5.56 Å². The number of carbonyl (C=O) groups excluding carboxylic acids is 1. The number of esters is 1. The van der Waals surface area contributed by atoms with Gasteiger partial charge < -0.3 is 14.8 Å². The van der Waals surface area contributed by atoms with Crippen molar-refractivity contribution in [1.82, 2.24) is 4.98 Å². The zero-order valence-electron chi connectivity index (χ0n) is 10.1. The Kier molecular flexibility index (Phi) is 3.55. The molecule has 0 aliphatic carbocycles. The Morgan fingerprint density at radius 1 is 1.40 bits per heavy atom. The van der Waals surface area contributed by atoms with E-state index in [1.54, 1.807) is 6.07 Å². The van der Waals surface area contributed by atoms with Crippen molar-refractivity contribution in [3.05, 3.63) is 34.4 Å². The molecule has 2 aromatic rings. The van der Waals surface area contributed by atoms with Crippen LogP contribution in [-0.2, 0) is 15.1 Å². The summed E-state index contributed by atoms with van der Waals surface area (Å²) in [5.74, 6) is -1.79. The van der Waals surface area contributed by atoms with Crippen molar-refractivity contribution in [3.8, 4) is 0 Å². The highest BCUT2D eigenvalue weighted by atomic mass is 79.9. The summed E-state index contributed by atoms with van der Waals surface area (Å²) in [7, 11) is 0.782. The van der Waals surface area contributed by atoms with Crippen molar-refractivity contribution in [2.75, 3.05) is 7.11 Å². The van der Waals surface area contributed by atoms with Crippen molar-refractivity contribution < 1.29 is 27.8 Å². The van der Waals surface area contributed by atoms with Crippen molar-refractivity contribution in [2.24, 2.45) is 0 Å². The van der Waals surface area contributed by atoms with E-state index >= 15 is 0 Å². The largest absolute Gasteiger partial charge is 0.466 e. The van der Waals surface area contributed by atoms with Gasteiger partial charge in [0.05, 0.1) is 7.11 Å². The second-order valence-corrected chi connectivity index (χ2v) is 5.01. The predicted molar refractivity (Wildman–Crippen MR) is 68.0 cm³/mol. The van der Waals surface area contributed by atoms with E-state index in [2.05, 4.69) is 25.7 Å². The first-order chi connectivity index (χ1) is 9.21. The van der Waals surface area contributed by atoms with E-state index in [1.807, 2.05) is 0 Å². The molecule has 1 unspecified atom stereocenters. The molecule has 0 saturated heterocycles. The number of hydrogen-bond acceptors (Lipinski definition) is 3. The molecule has 0 fully saturated rings. The fraction of sp³-hybridized carbons (Fsp3) is 0.250. The first-order valence-corrected chi connectivity index (χ1v) is 6.15. The van der Waals surface area contributed by atoms with Gasteiger partial charge in [-0.15, -0.1) is 0 Å². The molecule has 108 valence electrons. The highest BCUT2D eigenvalue weighted by Gasteiger charge is 2.62. The number of halogens is 4. The SMILES string of the molecule is COC(=O)C(O)(c1c[nH]c2ccc(Br)cc12)C(F)(F)F. The molecule has 0 amide bonds. The number of carbonyl (C=O) groups is 1. The average molecular weight is 352 g/mol. The molecule has 0 radical (unpaired) electrons. The molecular weight excluding hydrogens is 343 g/mol. The van der Waals surface area contributed by atoms with E-state index in [-0.39, 0.29) is 5.39 Å². The molecular formula is C12H9BrF3NO3. The molecule has 0 bridgehead atoms. The van der Waals surface area contributed by atoms with Gasteiger partial charge in [-0.2, -0.15) is 13.2 Å². The van der Waals surface area contributed by atoms with Crippen molar-refractivity contribution in [2.45, 2.75) is 11.8 Å². The molecule has 0 aliphatic rings. The number of aliphatic hydroxyl groups is 1. The smallest absolute Gasteiger partial charge is 0.432 e. The summed E-state index contributed by atoms with van der Waals surface area (Å²) in [4.78, 5) is 14.1. The van der Waals surface area contributed by atoms with Gasteiger partial charge in [-0.3, -0.25) is 0 Å². The standard InChI is InChI=1S/C12H9BrF3NO3/c1-20-10(18)11(19,12(14,15)16)8-5-17-9-3-2-6(13)4-7(8)9/h2-5,17,19H,1H3. The molecule has 1 atom stereocenters. The van der Waals surface area contributed by atoms with Gasteiger partial charge in [-0.25, -0.2) is 4.79 Å². The molecule has 20 heavy (non-hydrogen) atoms. The second-order valence-electron chi connectivity index (χ2n) is 4.09. The fourth-order valence-electron chi connectivity index (χ4n) is 1.92. The zero-order chi connectivity index (χ0) is 15.1. The number of hydrogen-bond donors (Lipinski definition) is 2. The van der Waals surface area contributed by atoms with Crippen LogP contribution in [-0.4, -0.2) is 29.3 Å². The molecule has 1 aromatic carbocycles. The van der Waals surface area contributed by atoms with Crippen LogP contribution in [0.15, 0.2) is 28.9 Å². The van der Waals surface area contributed by atoms with Crippen LogP contribution in [0.4, 0.5) is 13.2 Å². The summed E-state index contributed by atoms with van der Waals surface area (Å²) >= 11 is 3.13. The number of fused-ring (bicyclic) bond motifs is 1. The number of aromatic amines is 1. The van der Waals surface area contributed by atoms with Crippen LogP contribution in [0.2, 0.25) is 0 Å². The zero-order valence-corrected chi connectivity index (χ0v) is 11.7. The van der Waals surface area contributed by atoms with Crippen LogP contribution in [0, 0.1) is 0 Å². The lowest BCUT2D eigenvalue weighted by Crippen LogP contribution is -2.49. The monoisotopic (exact) mass is 351 g/mol. The Hall–Kier alpha value is -1.54. The van der Waals surface area contributed by atoms with Crippen LogP contribution >= 0.6 is 15.9 Å². The van der Waals surface area contributed by atoms with Crippen molar-refractivity contribution in [1.29, 1.82) is 0 Å². The lowest BCUT2D eigenvalue weighted by molar-refractivity contribution is -0.266. The van der Waals surface area contributed by atoms with Gasteiger partial charge in [0.25, 0.3) is 5.60 Å². The summed E-state index contributed by atoms with van der Waals surface area (Å²) in [5.41, 5.74) is -3.97. The maximum Gasteiger partial charge on any atom is 0.432 e. The van der Waals surface area contributed by atoms with Gasteiger partial charge in [0.1, 0.15) is 0 Å². The number of H-pyrrole nitrogens is 1. The first-order valence-electron chi connectivity index (χ1n) is 5.36. The summed E-state index contributed by atoms with van der Waals surface area (Å²) in [6.07, 6.45) is -4.26. The van der Waals surface area contributed by atoms with E-state index in [4.69, 9.17) is 0 Å². The normalized spacial score (nSPS) is 15.1. The van der Waals surface area contributed by atoms with Gasteiger partial charge >= 0.3 is 12.1 Å². The minimum absolute atomic E-state index is 0.0737. The maximum absolute atomic E-state index is 13.2. The fourth-order valence-corrected chi connectivity index (χ4v) is 2.28. The summed E-state index contributed by atoms with van der Waals surface area (Å²) in [6, 6.07) is 4.52. The lowest BCUT2D eigenvalue weighted by Gasteiger charge is -2.27. The third-order valence-electron chi connectivity index (χ3n) is 2.92. The number of benzene rings is 1. The van der Waals surface area contributed by atoms with Crippen molar-refractivity contribution >= 4 is 32.8 Å². The van der Waals surface area contributed by atoms with Gasteiger partial charge in [-0.1, -0.05) is 15.9 Å². The Balaban J connectivity index is 2.76. The highest BCUT2D eigenvalue weighted by molar-refractivity contribution is 9.10. The van der Waals surface area contributed by atoms with E-state index < -0.39 is 23.3 Å². The second kappa shape index (κ2) is 4.78. The van der Waals surface area contributed by atoms with E-state index in [1.165, 1.54) is 12.1 Å². The van der Waals surface area contributed by atoms with E-state index in [0.29, 0.717) is 9.99 Å². The van der Waals surface area contributed by atoms with Gasteiger partial charge in [-0.05, 0) is 18.2 Å². The maximum atomic E-state index is 13.2. The number of aromatic nitrogens is 1. The Morgan fingerprint density at radius 2 is 2.05 bits per heavy atom. The third-order valence-corrected chi connectivity index (χ3v) is 3.42. The molecule has 2 rings (SSSR count). The van der Waals surface area contributed by atoms with E-state index in [0.717, 1.165) is 13.3 Å². The van der Waals surface area contributed by atoms with Crippen LogP contribution < -0.4 is 0 Å².